The lowest BCUT2D eigenvalue weighted by Crippen LogP contribution is -2.34. The number of hydrogen-bond acceptors (Lipinski definition) is 2. The van der Waals surface area contributed by atoms with Crippen LogP contribution >= 0.6 is 0 Å². The van der Waals surface area contributed by atoms with Crippen molar-refractivity contribution in [1.29, 1.82) is 0 Å². The average molecular weight is 359 g/mol. The van der Waals surface area contributed by atoms with Crippen molar-refractivity contribution in [3.8, 4) is 0 Å². The molecule has 0 bridgehead atoms. The van der Waals surface area contributed by atoms with E-state index in [1.54, 1.807) is 18.2 Å². The van der Waals surface area contributed by atoms with E-state index >= 15 is 0 Å². The summed E-state index contributed by atoms with van der Waals surface area (Å²) in [5.74, 6) is 0.990. The normalized spacial score (nSPS) is 25.3. The first kappa shape index (κ1) is 19.0. The van der Waals surface area contributed by atoms with Gasteiger partial charge in [0, 0.05) is 6.20 Å². The van der Waals surface area contributed by atoms with Gasteiger partial charge in [-0.25, -0.2) is 8.78 Å². The highest BCUT2D eigenvalue weighted by molar-refractivity contribution is 5.21. The molecule has 2 aliphatic rings. The molecule has 26 heavy (non-hydrogen) atoms. The summed E-state index contributed by atoms with van der Waals surface area (Å²) in [7, 11) is 0. The standard InChI is InChI=1S/C17H23FO.C5H4FN/c1-17(19-12-13-2-3-13)10-8-15(9-11-17)14-4-6-16(18)7-5-14;6-5-2-1-3-7-4-5/h4-7,13,15H,2-3,8-12H2,1H3;1-4H. The lowest BCUT2D eigenvalue weighted by Gasteiger charge is -2.37. The summed E-state index contributed by atoms with van der Waals surface area (Å²) in [4.78, 5) is 3.51. The van der Waals surface area contributed by atoms with Gasteiger partial charge in [-0.2, -0.15) is 0 Å². The van der Waals surface area contributed by atoms with Crippen molar-refractivity contribution in [2.24, 2.45) is 5.92 Å². The Morgan fingerprint density at radius 2 is 1.69 bits per heavy atom. The van der Waals surface area contributed by atoms with Gasteiger partial charge in [-0.05, 0) is 87.1 Å². The molecule has 2 aromatic rings. The number of halogens is 2. The molecular weight excluding hydrogens is 332 g/mol. The molecular formula is C22H27F2NO. The molecule has 0 N–H and O–H groups in total. The number of rotatable bonds is 4. The minimum absolute atomic E-state index is 0.0825. The molecule has 2 aliphatic carbocycles. The first-order valence-corrected chi connectivity index (χ1v) is 9.49. The minimum Gasteiger partial charge on any atom is -0.375 e. The highest BCUT2D eigenvalue weighted by Gasteiger charge is 2.34. The Balaban J connectivity index is 0.000000236. The zero-order chi connectivity index (χ0) is 18.4. The molecule has 2 fully saturated rings. The van der Waals surface area contributed by atoms with E-state index < -0.39 is 0 Å². The van der Waals surface area contributed by atoms with Gasteiger partial charge in [0.05, 0.1) is 18.4 Å². The number of pyridine rings is 1. The Bertz CT molecular complexity index is 662. The summed E-state index contributed by atoms with van der Waals surface area (Å²) in [6.45, 7) is 3.22. The first-order valence-electron chi connectivity index (χ1n) is 9.49. The van der Waals surface area contributed by atoms with Gasteiger partial charge in [-0.1, -0.05) is 12.1 Å². The van der Waals surface area contributed by atoms with E-state index in [2.05, 4.69) is 11.9 Å². The Labute approximate surface area is 154 Å². The molecule has 1 aromatic heterocycles. The Morgan fingerprint density at radius 3 is 2.19 bits per heavy atom. The molecule has 4 rings (SSSR count). The summed E-state index contributed by atoms with van der Waals surface area (Å²) in [5, 5.41) is 0. The van der Waals surface area contributed by atoms with Crippen molar-refractivity contribution in [3.05, 3.63) is 66.0 Å². The summed E-state index contributed by atoms with van der Waals surface area (Å²) in [6, 6.07) is 9.93. The van der Waals surface area contributed by atoms with E-state index in [1.165, 1.54) is 36.9 Å². The fraction of sp³-hybridized carbons (Fsp3) is 0.500. The van der Waals surface area contributed by atoms with E-state index in [0.717, 1.165) is 38.2 Å². The molecule has 0 spiro atoms. The Kier molecular flexibility index (Phi) is 6.36. The third kappa shape index (κ3) is 5.87. The van der Waals surface area contributed by atoms with Crippen molar-refractivity contribution < 1.29 is 13.5 Å². The van der Waals surface area contributed by atoms with Crippen molar-refractivity contribution in [2.45, 2.75) is 57.0 Å². The topological polar surface area (TPSA) is 22.1 Å². The van der Waals surface area contributed by atoms with Crippen LogP contribution in [0.25, 0.3) is 0 Å². The van der Waals surface area contributed by atoms with Crippen molar-refractivity contribution in [2.75, 3.05) is 6.61 Å². The first-order chi connectivity index (χ1) is 12.5. The zero-order valence-corrected chi connectivity index (χ0v) is 15.3. The molecule has 0 saturated heterocycles. The van der Waals surface area contributed by atoms with Gasteiger partial charge in [-0.15, -0.1) is 0 Å². The van der Waals surface area contributed by atoms with Gasteiger partial charge < -0.3 is 4.74 Å². The molecule has 0 radical (unpaired) electrons. The number of benzene rings is 1. The van der Waals surface area contributed by atoms with E-state index in [9.17, 15) is 8.78 Å². The predicted molar refractivity (Wildman–Crippen MR) is 98.9 cm³/mol. The van der Waals surface area contributed by atoms with Crippen LogP contribution in [0.4, 0.5) is 8.78 Å². The fourth-order valence-electron chi connectivity index (χ4n) is 3.39. The second kappa shape index (κ2) is 8.72. The molecule has 2 saturated carbocycles. The fourth-order valence-corrected chi connectivity index (χ4v) is 3.39. The summed E-state index contributed by atoms with van der Waals surface area (Å²) in [5.41, 5.74) is 1.37. The van der Waals surface area contributed by atoms with Crippen LogP contribution in [-0.2, 0) is 4.74 Å². The van der Waals surface area contributed by atoms with Gasteiger partial charge in [-0.3, -0.25) is 4.98 Å². The smallest absolute Gasteiger partial charge is 0.141 e. The van der Waals surface area contributed by atoms with Crippen LogP contribution in [0, 0.1) is 17.6 Å². The van der Waals surface area contributed by atoms with E-state index in [4.69, 9.17) is 4.74 Å². The molecule has 2 nitrogen and oxygen atoms in total. The molecule has 4 heteroatoms. The molecule has 0 unspecified atom stereocenters. The van der Waals surface area contributed by atoms with Gasteiger partial charge in [0.2, 0.25) is 0 Å². The number of ether oxygens (including phenoxy) is 1. The summed E-state index contributed by atoms with van der Waals surface area (Å²) in [6.07, 6.45) is 9.98. The lowest BCUT2D eigenvalue weighted by molar-refractivity contribution is -0.0637. The van der Waals surface area contributed by atoms with E-state index in [0.29, 0.717) is 5.92 Å². The Hall–Kier alpha value is -1.81. The highest BCUT2D eigenvalue weighted by Crippen LogP contribution is 2.41. The number of aromatic nitrogens is 1. The highest BCUT2D eigenvalue weighted by atomic mass is 19.1. The van der Waals surface area contributed by atoms with E-state index in [-0.39, 0.29) is 17.2 Å². The average Bonchev–Trinajstić information content (AvgIpc) is 3.48. The van der Waals surface area contributed by atoms with Crippen molar-refractivity contribution in [1.82, 2.24) is 4.98 Å². The van der Waals surface area contributed by atoms with Crippen LogP contribution in [0.3, 0.4) is 0 Å². The third-order valence-electron chi connectivity index (χ3n) is 5.37. The van der Waals surface area contributed by atoms with Crippen LogP contribution in [0.15, 0.2) is 48.8 Å². The molecule has 0 atom stereocenters. The number of nitrogens with zero attached hydrogens (tertiary/aromatic N) is 1. The van der Waals surface area contributed by atoms with E-state index in [1.807, 2.05) is 12.1 Å². The number of hydrogen-bond donors (Lipinski definition) is 0. The molecule has 140 valence electrons. The lowest BCUT2D eigenvalue weighted by atomic mass is 9.77. The second-order valence-corrected chi connectivity index (χ2v) is 7.70. The van der Waals surface area contributed by atoms with Gasteiger partial charge in [0.1, 0.15) is 11.6 Å². The van der Waals surface area contributed by atoms with Gasteiger partial charge in [0.25, 0.3) is 0 Å². The van der Waals surface area contributed by atoms with Crippen LogP contribution < -0.4 is 0 Å². The largest absolute Gasteiger partial charge is 0.375 e. The molecule has 1 aromatic carbocycles. The molecule has 0 aliphatic heterocycles. The van der Waals surface area contributed by atoms with Crippen LogP contribution in [-0.4, -0.2) is 17.2 Å². The van der Waals surface area contributed by atoms with Crippen molar-refractivity contribution in [3.63, 3.8) is 0 Å². The molecule has 1 heterocycles. The van der Waals surface area contributed by atoms with Crippen LogP contribution in [0.2, 0.25) is 0 Å². The SMILES string of the molecule is CC1(OCC2CC2)CCC(c2ccc(F)cc2)CC1.Fc1cccnc1. The monoisotopic (exact) mass is 359 g/mol. The van der Waals surface area contributed by atoms with Crippen molar-refractivity contribution >= 4 is 0 Å². The maximum absolute atomic E-state index is 12.9. The zero-order valence-electron chi connectivity index (χ0n) is 15.3. The van der Waals surface area contributed by atoms with Gasteiger partial charge in [0.15, 0.2) is 0 Å². The Morgan fingerprint density at radius 1 is 1.00 bits per heavy atom. The molecule has 0 amide bonds. The summed E-state index contributed by atoms with van der Waals surface area (Å²) < 4.78 is 30.9. The van der Waals surface area contributed by atoms with Crippen LogP contribution in [0.1, 0.15) is 56.9 Å². The van der Waals surface area contributed by atoms with Crippen LogP contribution in [0.5, 0.6) is 0 Å². The maximum atomic E-state index is 12.9. The minimum atomic E-state index is -0.289. The second-order valence-electron chi connectivity index (χ2n) is 7.70. The van der Waals surface area contributed by atoms with Gasteiger partial charge >= 0.3 is 0 Å². The quantitative estimate of drug-likeness (QED) is 0.679. The predicted octanol–water partition coefficient (Wildman–Crippen LogP) is 5.89. The third-order valence-corrected chi connectivity index (χ3v) is 5.37. The summed E-state index contributed by atoms with van der Waals surface area (Å²) >= 11 is 0. The maximum Gasteiger partial charge on any atom is 0.141 e.